The Hall–Kier alpha value is -1.62. The summed E-state index contributed by atoms with van der Waals surface area (Å²) in [5.41, 5.74) is 2.27. The maximum absolute atomic E-state index is 13.3. The number of carbonyl (C=O) groups excluding carboxylic acids is 1. The highest BCUT2D eigenvalue weighted by molar-refractivity contribution is 5.81. The Morgan fingerprint density at radius 2 is 2.04 bits per heavy atom. The first-order valence-electron chi connectivity index (χ1n) is 11.0. The number of piperidine rings is 1. The molecular weight excluding hydrogens is 336 g/mol. The van der Waals surface area contributed by atoms with Crippen molar-refractivity contribution in [3.05, 3.63) is 29.9 Å². The number of nitrogens with one attached hydrogen (secondary N) is 1. The molecule has 2 aliphatic heterocycles. The molecule has 5 nitrogen and oxygen atoms in total. The monoisotopic (exact) mass is 368 g/mol. The Morgan fingerprint density at radius 1 is 1.19 bits per heavy atom. The third-order valence-electron chi connectivity index (χ3n) is 7.56. The lowest BCUT2D eigenvalue weighted by molar-refractivity contribution is -0.149. The highest BCUT2D eigenvalue weighted by atomic mass is 16.2. The molecule has 1 N–H and O–H groups in total. The molecule has 1 saturated carbocycles. The Bertz CT molecular complexity index is 712. The number of nitrogens with zero attached hydrogens (tertiary/aromatic N) is 3. The van der Waals surface area contributed by atoms with Crippen LogP contribution in [-0.2, 0) is 16.8 Å². The normalized spacial score (nSPS) is 28.1. The lowest BCUT2D eigenvalue weighted by Crippen LogP contribution is -2.60. The Morgan fingerprint density at radius 3 is 2.74 bits per heavy atom. The van der Waals surface area contributed by atoms with Crippen molar-refractivity contribution in [3.8, 4) is 0 Å². The summed E-state index contributed by atoms with van der Waals surface area (Å²) in [6.45, 7) is 4.24. The van der Waals surface area contributed by atoms with Gasteiger partial charge in [0.25, 0.3) is 0 Å². The number of aromatic amines is 1. The van der Waals surface area contributed by atoms with E-state index in [1.165, 1.54) is 43.6 Å². The number of hydrogen-bond acceptors (Lipinski definition) is 3. The van der Waals surface area contributed by atoms with E-state index in [1.54, 1.807) is 0 Å². The van der Waals surface area contributed by atoms with Gasteiger partial charge in [0.2, 0.25) is 5.91 Å². The van der Waals surface area contributed by atoms with Crippen molar-refractivity contribution in [2.75, 3.05) is 26.2 Å². The van der Waals surface area contributed by atoms with Crippen LogP contribution in [0.5, 0.6) is 0 Å². The van der Waals surface area contributed by atoms with Gasteiger partial charge < -0.3 is 14.8 Å². The van der Waals surface area contributed by atoms with E-state index in [0.717, 1.165) is 57.7 Å². The molecular formula is C22H32N4O. The second-order valence-electron chi connectivity index (χ2n) is 9.08. The van der Waals surface area contributed by atoms with Crippen LogP contribution in [0.3, 0.4) is 0 Å². The second kappa shape index (κ2) is 7.08. The number of carbonyl (C=O) groups is 1. The number of imidazole rings is 1. The molecule has 4 aliphatic rings. The lowest BCUT2D eigenvalue weighted by atomic mass is 9.76. The number of likely N-dealkylation sites (tertiary alicyclic amines) is 1. The number of fused-ring (bicyclic) bond motifs is 2. The molecule has 1 aromatic rings. The molecule has 0 unspecified atom stereocenters. The number of rotatable bonds is 3. The standard InChI is InChI=1S/C22H32N4O/c27-21(18-7-4-8-18)26-12-9-19-20(24-16-23-19)22(26)10-13-25(14-11-22)15-17-5-2-1-3-6-17/h1-2,16-18H,3-15H2,(H,23,24)/t17-/m0/s1. The predicted molar refractivity (Wildman–Crippen MR) is 105 cm³/mol. The minimum Gasteiger partial charge on any atom is -0.348 e. The van der Waals surface area contributed by atoms with Gasteiger partial charge in [0.15, 0.2) is 0 Å². The van der Waals surface area contributed by atoms with E-state index >= 15 is 0 Å². The minimum atomic E-state index is -0.163. The zero-order valence-electron chi connectivity index (χ0n) is 16.3. The Labute approximate surface area is 162 Å². The van der Waals surface area contributed by atoms with Gasteiger partial charge in [0.05, 0.1) is 17.6 Å². The van der Waals surface area contributed by atoms with E-state index in [1.807, 2.05) is 6.33 Å². The highest BCUT2D eigenvalue weighted by Crippen LogP contribution is 2.44. The van der Waals surface area contributed by atoms with Crippen molar-refractivity contribution >= 4 is 5.91 Å². The average molecular weight is 369 g/mol. The first-order chi connectivity index (χ1) is 13.3. The summed E-state index contributed by atoms with van der Waals surface area (Å²) in [6, 6.07) is 0. The van der Waals surface area contributed by atoms with Gasteiger partial charge in [-0.15, -0.1) is 0 Å². The molecule has 5 heteroatoms. The lowest BCUT2D eigenvalue weighted by Gasteiger charge is -2.52. The fourth-order valence-corrected chi connectivity index (χ4v) is 5.67. The fourth-order valence-electron chi connectivity index (χ4n) is 5.67. The molecule has 0 bridgehead atoms. The molecule has 1 saturated heterocycles. The Kier molecular flexibility index (Phi) is 4.58. The maximum Gasteiger partial charge on any atom is 0.226 e. The van der Waals surface area contributed by atoms with E-state index in [4.69, 9.17) is 4.98 Å². The summed E-state index contributed by atoms with van der Waals surface area (Å²) >= 11 is 0. The van der Waals surface area contributed by atoms with E-state index < -0.39 is 0 Å². The molecule has 0 aromatic carbocycles. The molecule has 1 atom stereocenters. The average Bonchev–Trinajstić information content (AvgIpc) is 3.13. The van der Waals surface area contributed by atoms with Crippen LogP contribution >= 0.6 is 0 Å². The number of hydrogen-bond donors (Lipinski definition) is 1. The van der Waals surface area contributed by atoms with Crippen molar-refractivity contribution in [1.29, 1.82) is 0 Å². The van der Waals surface area contributed by atoms with Gasteiger partial charge in [0, 0.05) is 44.2 Å². The van der Waals surface area contributed by atoms with Crippen molar-refractivity contribution in [2.24, 2.45) is 11.8 Å². The van der Waals surface area contributed by atoms with Gasteiger partial charge in [0.1, 0.15) is 0 Å². The summed E-state index contributed by atoms with van der Waals surface area (Å²) in [6.07, 6.45) is 16.7. The van der Waals surface area contributed by atoms with Crippen LogP contribution in [-0.4, -0.2) is 51.9 Å². The first-order valence-corrected chi connectivity index (χ1v) is 11.0. The molecule has 5 rings (SSSR count). The minimum absolute atomic E-state index is 0.163. The smallest absolute Gasteiger partial charge is 0.226 e. The third kappa shape index (κ3) is 3.04. The van der Waals surface area contributed by atoms with E-state index in [2.05, 4.69) is 26.9 Å². The second-order valence-corrected chi connectivity index (χ2v) is 9.08. The van der Waals surface area contributed by atoms with Gasteiger partial charge in [-0.3, -0.25) is 4.79 Å². The van der Waals surface area contributed by atoms with E-state index in [-0.39, 0.29) is 11.5 Å². The summed E-state index contributed by atoms with van der Waals surface area (Å²) < 4.78 is 0. The molecule has 1 spiro atoms. The summed E-state index contributed by atoms with van der Waals surface area (Å²) in [5.74, 6) is 1.49. The number of allylic oxidation sites excluding steroid dienone is 2. The number of aromatic nitrogens is 2. The van der Waals surface area contributed by atoms with Crippen LogP contribution in [0.25, 0.3) is 0 Å². The van der Waals surface area contributed by atoms with Crippen molar-refractivity contribution in [2.45, 2.75) is 63.3 Å². The molecule has 2 fully saturated rings. The van der Waals surface area contributed by atoms with Crippen molar-refractivity contribution in [3.63, 3.8) is 0 Å². The van der Waals surface area contributed by atoms with E-state index in [9.17, 15) is 4.79 Å². The Balaban J connectivity index is 1.34. The van der Waals surface area contributed by atoms with Crippen LogP contribution in [0.4, 0.5) is 0 Å². The molecule has 27 heavy (non-hydrogen) atoms. The van der Waals surface area contributed by atoms with E-state index in [0.29, 0.717) is 5.91 Å². The van der Waals surface area contributed by atoms with Crippen molar-refractivity contribution in [1.82, 2.24) is 19.8 Å². The largest absolute Gasteiger partial charge is 0.348 e. The van der Waals surface area contributed by atoms with Crippen LogP contribution in [0.2, 0.25) is 0 Å². The zero-order valence-corrected chi connectivity index (χ0v) is 16.3. The van der Waals surface area contributed by atoms with Gasteiger partial charge in [-0.25, -0.2) is 4.98 Å². The molecule has 1 amide bonds. The number of H-pyrrole nitrogens is 1. The number of amides is 1. The van der Waals surface area contributed by atoms with Gasteiger partial charge in [-0.1, -0.05) is 18.6 Å². The third-order valence-corrected chi connectivity index (χ3v) is 7.56. The van der Waals surface area contributed by atoms with Gasteiger partial charge in [-0.2, -0.15) is 0 Å². The molecule has 146 valence electrons. The maximum atomic E-state index is 13.3. The summed E-state index contributed by atoms with van der Waals surface area (Å²) in [7, 11) is 0. The SMILES string of the molecule is O=C(C1CCC1)N1CCc2[nH]cnc2C12CCN(C[C@H]1CC=CCC1)CC2. The van der Waals surface area contributed by atoms with Crippen LogP contribution in [0.1, 0.15) is 62.8 Å². The molecule has 2 aliphatic carbocycles. The summed E-state index contributed by atoms with van der Waals surface area (Å²) in [5, 5.41) is 0. The topological polar surface area (TPSA) is 52.2 Å². The molecule has 3 heterocycles. The van der Waals surface area contributed by atoms with Gasteiger partial charge >= 0.3 is 0 Å². The fraction of sp³-hybridized carbons (Fsp3) is 0.727. The molecule has 1 aromatic heterocycles. The molecule has 0 radical (unpaired) electrons. The predicted octanol–water partition coefficient (Wildman–Crippen LogP) is 3.24. The van der Waals surface area contributed by atoms with Crippen LogP contribution < -0.4 is 0 Å². The van der Waals surface area contributed by atoms with Crippen LogP contribution in [0.15, 0.2) is 18.5 Å². The van der Waals surface area contributed by atoms with Crippen LogP contribution in [0, 0.1) is 11.8 Å². The zero-order chi connectivity index (χ0) is 18.3. The first kappa shape index (κ1) is 17.5. The summed E-state index contributed by atoms with van der Waals surface area (Å²) in [4.78, 5) is 26.2. The quantitative estimate of drug-likeness (QED) is 0.834. The van der Waals surface area contributed by atoms with Gasteiger partial charge in [-0.05, 0) is 50.9 Å². The van der Waals surface area contributed by atoms with Crippen molar-refractivity contribution < 1.29 is 4.79 Å². The highest BCUT2D eigenvalue weighted by Gasteiger charge is 2.50.